The quantitative estimate of drug-likeness (QED) is 0.885. The molecule has 2 amide bonds. The van der Waals surface area contributed by atoms with Crippen LogP contribution < -0.4 is 20.3 Å². The van der Waals surface area contributed by atoms with Gasteiger partial charge in [0.2, 0.25) is 0 Å². The lowest BCUT2D eigenvalue weighted by molar-refractivity contribution is 0.251. The standard InChI is InChI=1S/C19H23N3O2/c1-24-18-12-6-5-11-17(18)21-19(23)20-14-16-10-7-13-22(16)15-8-3-2-4-9-15/h2-6,8-9,11-12,16H,7,10,13-14H2,1H3,(H2,20,21,23). The number of carbonyl (C=O) groups is 1. The summed E-state index contributed by atoms with van der Waals surface area (Å²) < 4.78 is 5.25. The lowest BCUT2D eigenvalue weighted by Gasteiger charge is -2.27. The van der Waals surface area contributed by atoms with Crippen LogP contribution >= 0.6 is 0 Å². The molecule has 2 aromatic carbocycles. The number of urea groups is 1. The zero-order valence-corrected chi connectivity index (χ0v) is 13.9. The maximum atomic E-state index is 12.2. The summed E-state index contributed by atoms with van der Waals surface area (Å²) in [6, 6.07) is 17.9. The molecule has 0 radical (unpaired) electrons. The van der Waals surface area contributed by atoms with Gasteiger partial charge in [0.25, 0.3) is 0 Å². The van der Waals surface area contributed by atoms with Crippen molar-refractivity contribution in [2.75, 3.05) is 30.4 Å². The van der Waals surface area contributed by atoms with Gasteiger partial charge >= 0.3 is 6.03 Å². The Labute approximate surface area is 142 Å². The minimum atomic E-state index is -0.209. The first-order valence-electron chi connectivity index (χ1n) is 8.27. The molecule has 126 valence electrons. The Morgan fingerprint density at radius 3 is 2.71 bits per heavy atom. The Bertz CT molecular complexity index is 675. The van der Waals surface area contributed by atoms with E-state index in [9.17, 15) is 4.79 Å². The van der Waals surface area contributed by atoms with E-state index in [0.717, 1.165) is 19.4 Å². The lowest BCUT2D eigenvalue weighted by atomic mass is 10.2. The molecule has 1 heterocycles. The molecule has 5 nitrogen and oxygen atoms in total. The van der Waals surface area contributed by atoms with Crippen LogP contribution in [0.25, 0.3) is 0 Å². The number of anilines is 2. The van der Waals surface area contributed by atoms with Crippen LogP contribution in [-0.2, 0) is 0 Å². The van der Waals surface area contributed by atoms with E-state index in [1.165, 1.54) is 5.69 Å². The molecule has 0 aromatic heterocycles. The van der Waals surface area contributed by atoms with E-state index in [0.29, 0.717) is 24.0 Å². The third-order valence-electron chi connectivity index (χ3n) is 4.32. The maximum absolute atomic E-state index is 12.2. The van der Waals surface area contributed by atoms with E-state index in [4.69, 9.17) is 4.74 Å². The van der Waals surface area contributed by atoms with Crippen molar-refractivity contribution < 1.29 is 9.53 Å². The average Bonchev–Trinajstić information content (AvgIpc) is 3.10. The molecule has 3 rings (SSSR count). The van der Waals surface area contributed by atoms with Gasteiger partial charge in [-0.25, -0.2) is 4.79 Å². The number of ether oxygens (including phenoxy) is 1. The van der Waals surface area contributed by atoms with Crippen molar-refractivity contribution in [3.05, 3.63) is 54.6 Å². The third-order valence-corrected chi connectivity index (χ3v) is 4.32. The predicted octanol–water partition coefficient (Wildman–Crippen LogP) is 3.49. The van der Waals surface area contributed by atoms with E-state index < -0.39 is 0 Å². The Morgan fingerprint density at radius 2 is 1.92 bits per heavy atom. The zero-order valence-electron chi connectivity index (χ0n) is 13.9. The van der Waals surface area contributed by atoms with Crippen molar-refractivity contribution in [2.24, 2.45) is 0 Å². The molecule has 1 aliphatic heterocycles. The summed E-state index contributed by atoms with van der Waals surface area (Å²) in [5.74, 6) is 0.652. The molecule has 2 N–H and O–H groups in total. The molecule has 0 bridgehead atoms. The Hall–Kier alpha value is -2.69. The Morgan fingerprint density at radius 1 is 1.17 bits per heavy atom. The predicted molar refractivity (Wildman–Crippen MR) is 96.8 cm³/mol. The van der Waals surface area contributed by atoms with Crippen LogP contribution in [0.5, 0.6) is 5.75 Å². The van der Waals surface area contributed by atoms with Crippen LogP contribution in [-0.4, -0.2) is 32.3 Å². The SMILES string of the molecule is COc1ccccc1NC(=O)NCC1CCCN1c1ccccc1. The number of carbonyl (C=O) groups excluding carboxylic acids is 1. The fourth-order valence-corrected chi connectivity index (χ4v) is 3.13. The number of para-hydroxylation sites is 3. The first-order valence-corrected chi connectivity index (χ1v) is 8.27. The van der Waals surface area contributed by atoms with E-state index in [1.54, 1.807) is 7.11 Å². The molecule has 5 heteroatoms. The van der Waals surface area contributed by atoms with E-state index in [-0.39, 0.29) is 6.03 Å². The van der Waals surface area contributed by atoms with Crippen LogP contribution in [0.2, 0.25) is 0 Å². The monoisotopic (exact) mass is 325 g/mol. The van der Waals surface area contributed by atoms with Gasteiger partial charge in [-0.2, -0.15) is 0 Å². The lowest BCUT2D eigenvalue weighted by Crippen LogP contribution is -2.41. The number of benzene rings is 2. The maximum Gasteiger partial charge on any atom is 0.319 e. The van der Waals surface area contributed by atoms with Gasteiger partial charge in [0.05, 0.1) is 12.8 Å². The fourth-order valence-electron chi connectivity index (χ4n) is 3.13. The van der Waals surface area contributed by atoms with Gasteiger partial charge in [0.1, 0.15) is 5.75 Å². The highest BCUT2D eigenvalue weighted by Gasteiger charge is 2.24. The van der Waals surface area contributed by atoms with Gasteiger partial charge in [0.15, 0.2) is 0 Å². The van der Waals surface area contributed by atoms with Crippen LogP contribution in [0.15, 0.2) is 54.6 Å². The first-order chi connectivity index (χ1) is 11.8. The first kappa shape index (κ1) is 16.2. The largest absolute Gasteiger partial charge is 0.495 e. The smallest absolute Gasteiger partial charge is 0.319 e. The zero-order chi connectivity index (χ0) is 16.8. The molecule has 1 saturated heterocycles. The van der Waals surface area contributed by atoms with Crippen LogP contribution in [0, 0.1) is 0 Å². The summed E-state index contributed by atoms with van der Waals surface area (Å²) >= 11 is 0. The number of hydrogen-bond acceptors (Lipinski definition) is 3. The summed E-state index contributed by atoms with van der Waals surface area (Å²) in [6.07, 6.45) is 2.24. The van der Waals surface area contributed by atoms with Crippen molar-refractivity contribution in [2.45, 2.75) is 18.9 Å². The molecule has 2 aromatic rings. The van der Waals surface area contributed by atoms with Crippen molar-refractivity contribution in [1.82, 2.24) is 5.32 Å². The van der Waals surface area contributed by atoms with Gasteiger partial charge in [-0.3, -0.25) is 0 Å². The third kappa shape index (κ3) is 3.79. The average molecular weight is 325 g/mol. The van der Waals surface area contributed by atoms with Crippen molar-refractivity contribution in [1.29, 1.82) is 0 Å². The second kappa shape index (κ2) is 7.73. The molecule has 1 fully saturated rings. The molecular weight excluding hydrogens is 302 g/mol. The van der Waals surface area contributed by atoms with Crippen LogP contribution in [0.3, 0.4) is 0 Å². The summed E-state index contributed by atoms with van der Waals surface area (Å²) in [4.78, 5) is 14.5. The molecule has 1 aliphatic rings. The van der Waals surface area contributed by atoms with E-state index in [1.807, 2.05) is 42.5 Å². The molecule has 0 saturated carbocycles. The summed E-state index contributed by atoms with van der Waals surface area (Å²) in [7, 11) is 1.59. The van der Waals surface area contributed by atoms with E-state index in [2.05, 4.69) is 27.7 Å². The molecule has 1 unspecified atom stereocenters. The highest BCUT2D eigenvalue weighted by molar-refractivity contribution is 5.90. The van der Waals surface area contributed by atoms with Gasteiger partial charge in [-0.05, 0) is 37.1 Å². The van der Waals surface area contributed by atoms with Gasteiger partial charge in [0, 0.05) is 24.8 Å². The summed E-state index contributed by atoms with van der Waals surface area (Å²) in [6.45, 7) is 1.65. The summed E-state index contributed by atoms with van der Waals surface area (Å²) in [5.41, 5.74) is 1.88. The van der Waals surface area contributed by atoms with Crippen LogP contribution in [0.1, 0.15) is 12.8 Å². The van der Waals surface area contributed by atoms with Crippen molar-refractivity contribution >= 4 is 17.4 Å². The van der Waals surface area contributed by atoms with Gasteiger partial charge in [-0.15, -0.1) is 0 Å². The number of methoxy groups -OCH3 is 1. The molecular formula is C19H23N3O2. The highest BCUT2D eigenvalue weighted by Crippen LogP contribution is 2.25. The number of nitrogens with zero attached hydrogens (tertiary/aromatic N) is 1. The second-order valence-corrected chi connectivity index (χ2v) is 5.86. The second-order valence-electron chi connectivity index (χ2n) is 5.86. The topological polar surface area (TPSA) is 53.6 Å². The number of nitrogens with one attached hydrogen (secondary N) is 2. The fraction of sp³-hybridized carbons (Fsp3) is 0.316. The van der Waals surface area contributed by atoms with E-state index >= 15 is 0 Å². The minimum Gasteiger partial charge on any atom is -0.495 e. The number of amides is 2. The number of rotatable bonds is 5. The van der Waals surface area contributed by atoms with Gasteiger partial charge in [-0.1, -0.05) is 30.3 Å². The van der Waals surface area contributed by atoms with Crippen molar-refractivity contribution in [3.8, 4) is 5.75 Å². The molecule has 0 aliphatic carbocycles. The molecule has 0 spiro atoms. The summed E-state index contributed by atoms with van der Waals surface area (Å²) in [5, 5.41) is 5.82. The highest BCUT2D eigenvalue weighted by atomic mass is 16.5. The Balaban J connectivity index is 1.56. The molecule has 1 atom stereocenters. The van der Waals surface area contributed by atoms with Crippen molar-refractivity contribution in [3.63, 3.8) is 0 Å². The Kier molecular flexibility index (Phi) is 5.21. The normalized spacial score (nSPS) is 16.7. The molecule has 24 heavy (non-hydrogen) atoms. The number of hydrogen-bond donors (Lipinski definition) is 2. The van der Waals surface area contributed by atoms with Crippen LogP contribution in [0.4, 0.5) is 16.2 Å². The minimum absolute atomic E-state index is 0.209. The van der Waals surface area contributed by atoms with Gasteiger partial charge < -0.3 is 20.3 Å².